The second-order valence-corrected chi connectivity index (χ2v) is 8.44. The highest BCUT2D eigenvalue weighted by Crippen LogP contribution is 2.42. The van der Waals surface area contributed by atoms with E-state index in [2.05, 4.69) is 30.7 Å². The second kappa shape index (κ2) is 6.22. The van der Waals surface area contributed by atoms with Gasteiger partial charge in [-0.15, -0.1) is 0 Å². The number of carbonyl (C=O) groups is 1. The Kier molecular flexibility index (Phi) is 4.40. The summed E-state index contributed by atoms with van der Waals surface area (Å²) in [5, 5.41) is 0. The van der Waals surface area contributed by atoms with E-state index in [1.165, 1.54) is 12.5 Å². The highest BCUT2D eigenvalue weighted by Gasteiger charge is 2.39. The standard InChI is InChI=1S/C18H28N4O2/c1-11-6-13(9-18(2,3)8-11)16(24)22-5-4-12(10-22)14-7-15(23)21-17(19)20-14/h7,11-13H,4-6,8-10H2,1-3H3,(H3,19,20,21,23). The summed E-state index contributed by atoms with van der Waals surface area (Å²) in [5.74, 6) is 1.24. The van der Waals surface area contributed by atoms with Gasteiger partial charge in [-0.1, -0.05) is 20.8 Å². The fourth-order valence-electron chi connectivity index (χ4n) is 4.70. The molecule has 3 atom stereocenters. The summed E-state index contributed by atoms with van der Waals surface area (Å²) in [4.78, 5) is 33.2. The van der Waals surface area contributed by atoms with E-state index in [-0.39, 0.29) is 34.7 Å². The van der Waals surface area contributed by atoms with Crippen molar-refractivity contribution in [1.82, 2.24) is 14.9 Å². The zero-order valence-electron chi connectivity index (χ0n) is 14.8. The van der Waals surface area contributed by atoms with Crippen LogP contribution in [0.1, 0.15) is 58.1 Å². The molecule has 0 spiro atoms. The lowest BCUT2D eigenvalue weighted by Gasteiger charge is -2.39. The molecule has 1 aromatic rings. The molecule has 0 aromatic carbocycles. The van der Waals surface area contributed by atoms with Crippen molar-refractivity contribution in [3.05, 3.63) is 22.1 Å². The average Bonchev–Trinajstić information content (AvgIpc) is 2.93. The number of nitrogens with zero attached hydrogens (tertiary/aromatic N) is 2. The molecule has 1 saturated carbocycles. The van der Waals surface area contributed by atoms with Crippen LogP contribution < -0.4 is 11.3 Å². The number of nitrogen functional groups attached to an aromatic ring is 1. The highest BCUT2D eigenvalue weighted by atomic mass is 16.2. The van der Waals surface area contributed by atoms with Gasteiger partial charge in [0, 0.05) is 31.0 Å². The van der Waals surface area contributed by atoms with Gasteiger partial charge in [-0.3, -0.25) is 14.6 Å². The summed E-state index contributed by atoms with van der Waals surface area (Å²) in [5.41, 5.74) is 6.34. The van der Waals surface area contributed by atoms with Gasteiger partial charge in [0.05, 0.1) is 5.69 Å². The summed E-state index contributed by atoms with van der Waals surface area (Å²) in [7, 11) is 0. The minimum Gasteiger partial charge on any atom is -0.369 e. The number of anilines is 1. The van der Waals surface area contributed by atoms with Gasteiger partial charge in [0.1, 0.15) is 0 Å². The second-order valence-electron chi connectivity index (χ2n) is 8.44. The molecule has 3 rings (SSSR count). The first kappa shape index (κ1) is 17.0. The molecule has 2 heterocycles. The summed E-state index contributed by atoms with van der Waals surface area (Å²) in [6.07, 6.45) is 3.98. The molecule has 2 fully saturated rings. The van der Waals surface area contributed by atoms with Crippen molar-refractivity contribution in [2.24, 2.45) is 17.3 Å². The number of carbonyl (C=O) groups excluding carboxylic acids is 1. The van der Waals surface area contributed by atoms with E-state index in [1.54, 1.807) is 0 Å². The molecule has 24 heavy (non-hydrogen) atoms. The number of hydrogen-bond acceptors (Lipinski definition) is 4. The van der Waals surface area contributed by atoms with E-state index >= 15 is 0 Å². The summed E-state index contributed by atoms with van der Waals surface area (Å²) < 4.78 is 0. The molecule has 6 heteroatoms. The van der Waals surface area contributed by atoms with Gasteiger partial charge in [-0.05, 0) is 37.0 Å². The van der Waals surface area contributed by atoms with Gasteiger partial charge in [0.15, 0.2) is 0 Å². The van der Waals surface area contributed by atoms with Crippen molar-refractivity contribution in [2.45, 2.75) is 52.4 Å². The molecule has 1 aliphatic heterocycles. The Bertz CT molecular complexity index is 682. The minimum absolute atomic E-state index is 0.104. The molecule has 1 aliphatic carbocycles. The topological polar surface area (TPSA) is 92.1 Å². The van der Waals surface area contributed by atoms with Gasteiger partial charge in [-0.25, -0.2) is 4.98 Å². The normalized spacial score (nSPS) is 29.6. The van der Waals surface area contributed by atoms with Crippen LogP contribution in [-0.2, 0) is 4.79 Å². The molecule has 6 nitrogen and oxygen atoms in total. The van der Waals surface area contributed by atoms with Gasteiger partial charge < -0.3 is 10.6 Å². The van der Waals surface area contributed by atoms with E-state index in [0.717, 1.165) is 25.8 Å². The number of aromatic amines is 1. The Labute approximate surface area is 142 Å². The SMILES string of the molecule is CC1CC(C(=O)N2CCC(c3cc(=O)[nH]c(N)n3)C2)CC(C)(C)C1. The van der Waals surface area contributed by atoms with Crippen LogP contribution in [0.3, 0.4) is 0 Å². The van der Waals surface area contributed by atoms with Gasteiger partial charge in [-0.2, -0.15) is 0 Å². The number of nitrogens with one attached hydrogen (secondary N) is 1. The first-order valence-corrected chi connectivity index (χ1v) is 8.89. The number of amides is 1. The molecular formula is C18H28N4O2. The van der Waals surface area contributed by atoms with Crippen molar-refractivity contribution < 1.29 is 4.79 Å². The summed E-state index contributed by atoms with van der Waals surface area (Å²) >= 11 is 0. The largest absolute Gasteiger partial charge is 0.369 e. The van der Waals surface area contributed by atoms with Crippen LogP contribution in [0.25, 0.3) is 0 Å². The highest BCUT2D eigenvalue weighted by molar-refractivity contribution is 5.79. The maximum Gasteiger partial charge on any atom is 0.252 e. The van der Waals surface area contributed by atoms with Crippen LogP contribution in [-0.4, -0.2) is 33.9 Å². The lowest BCUT2D eigenvalue weighted by atomic mass is 9.67. The van der Waals surface area contributed by atoms with Crippen molar-refractivity contribution in [1.29, 1.82) is 0 Å². The fourth-order valence-corrected chi connectivity index (χ4v) is 4.70. The molecule has 2 aliphatic rings. The van der Waals surface area contributed by atoms with E-state index in [0.29, 0.717) is 18.2 Å². The van der Waals surface area contributed by atoms with Gasteiger partial charge >= 0.3 is 0 Å². The van der Waals surface area contributed by atoms with Crippen molar-refractivity contribution in [2.75, 3.05) is 18.8 Å². The maximum atomic E-state index is 13.0. The van der Waals surface area contributed by atoms with Crippen LogP contribution in [0.4, 0.5) is 5.95 Å². The zero-order valence-corrected chi connectivity index (χ0v) is 14.8. The molecule has 1 amide bonds. The van der Waals surface area contributed by atoms with E-state index in [1.807, 2.05) is 4.90 Å². The lowest BCUT2D eigenvalue weighted by molar-refractivity contribution is -0.137. The third kappa shape index (κ3) is 3.62. The number of likely N-dealkylation sites (tertiary alicyclic amines) is 1. The third-order valence-corrected chi connectivity index (χ3v) is 5.43. The van der Waals surface area contributed by atoms with Crippen LogP contribution in [0.5, 0.6) is 0 Å². The van der Waals surface area contributed by atoms with E-state index < -0.39 is 0 Å². The Morgan fingerprint density at radius 2 is 2.17 bits per heavy atom. The van der Waals surface area contributed by atoms with Crippen LogP contribution in [0, 0.1) is 17.3 Å². The lowest BCUT2D eigenvalue weighted by Crippen LogP contribution is -2.40. The summed E-state index contributed by atoms with van der Waals surface area (Å²) in [6.45, 7) is 8.15. The molecule has 3 N–H and O–H groups in total. The van der Waals surface area contributed by atoms with E-state index in [9.17, 15) is 9.59 Å². The number of aromatic nitrogens is 2. The van der Waals surface area contributed by atoms with Crippen molar-refractivity contribution in [3.8, 4) is 0 Å². The Hall–Kier alpha value is -1.85. The van der Waals surface area contributed by atoms with Gasteiger partial charge in [0.2, 0.25) is 11.9 Å². The van der Waals surface area contributed by atoms with Crippen molar-refractivity contribution in [3.63, 3.8) is 0 Å². The predicted molar refractivity (Wildman–Crippen MR) is 93.5 cm³/mol. The monoisotopic (exact) mass is 332 g/mol. The van der Waals surface area contributed by atoms with Crippen LogP contribution in [0.15, 0.2) is 10.9 Å². The minimum atomic E-state index is -0.231. The van der Waals surface area contributed by atoms with E-state index in [4.69, 9.17) is 5.73 Å². The van der Waals surface area contributed by atoms with Crippen LogP contribution in [0.2, 0.25) is 0 Å². The molecule has 132 valence electrons. The number of nitrogens with two attached hydrogens (primary N) is 1. The first-order chi connectivity index (χ1) is 11.2. The predicted octanol–water partition coefficient (Wildman–Crippen LogP) is 2.13. The number of hydrogen-bond donors (Lipinski definition) is 2. The smallest absolute Gasteiger partial charge is 0.252 e. The van der Waals surface area contributed by atoms with Gasteiger partial charge in [0.25, 0.3) is 5.56 Å². The molecule has 3 unspecified atom stereocenters. The molecule has 0 radical (unpaired) electrons. The quantitative estimate of drug-likeness (QED) is 0.868. The Morgan fingerprint density at radius 1 is 1.42 bits per heavy atom. The Morgan fingerprint density at radius 3 is 2.83 bits per heavy atom. The zero-order chi connectivity index (χ0) is 17.5. The molecule has 1 aromatic heterocycles. The molecule has 1 saturated heterocycles. The first-order valence-electron chi connectivity index (χ1n) is 8.89. The number of H-pyrrole nitrogens is 1. The van der Waals surface area contributed by atoms with Crippen molar-refractivity contribution >= 4 is 11.9 Å². The molecular weight excluding hydrogens is 304 g/mol. The molecule has 0 bridgehead atoms. The maximum absolute atomic E-state index is 13.0. The fraction of sp³-hybridized carbons (Fsp3) is 0.722. The Balaban J connectivity index is 1.69. The van der Waals surface area contributed by atoms with Crippen LogP contribution >= 0.6 is 0 Å². The average molecular weight is 332 g/mol. The number of rotatable bonds is 2. The summed E-state index contributed by atoms with van der Waals surface area (Å²) in [6, 6.07) is 1.50. The third-order valence-electron chi connectivity index (χ3n) is 5.43.